The van der Waals surface area contributed by atoms with E-state index in [2.05, 4.69) is 11.7 Å². The average molecular weight is 129 g/mol. The van der Waals surface area contributed by atoms with Gasteiger partial charge in [0.2, 0.25) is 0 Å². The van der Waals surface area contributed by atoms with Crippen LogP contribution >= 0.6 is 11.6 Å². The molecule has 44 valence electrons. The fraction of sp³-hybridized carbons (Fsp3) is 0.800. The summed E-state index contributed by atoms with van der Waals surface area (Å²) in [6.07, 6.45) is 0.835. The molecule has 0 aliphatic carbocycles. The molecule has 2 unspecified atom stereocenters. The van der Waals surface area contributed by atoms with E-state index < -0.39 is 0 Å². The van der Waals surface area contributed by atoms with Gasteiger partial charge in [-0.25, -0.2) is 0 Å². The van der Waals surface area contributed by atoms with Crippen LogP contribution in [0.2, 0.25) is 0 Å². The third-order valence-electron chi connectivity index (χ3n) is 0.971. The Morgan fingerprint density at radius 1 is 1.88 bits per heavy atom. The molecule has 0 fully saturated rings. The molecule has 0 aliphatic heterocycles. The van der Waals surface area contributed by atoms with Gasteiger partial charge in [-0.3, -0.25) is 0 Å². The molecule has 3 heteroatoms. The Kier molecular flexibility index (Phi) is 3.97. The van der Waals surface area contributed by atoms with Crippen LogP contribution in [0.4, 0.5) is 0 Å². The van der Waals surface area contributed by atoms with Gasteiger partial charge in [-0.1, -0.05) is 6.92 Å². The van der Waals surface area contributed by atoms with Crippen LogP contribution in [0, 0.1) is 0 Å². The van der Waals surface area contributed by atoms with E-state index in [-0.39, 0.29) is 11.3 Å². The zero-order valence-corrected chi connectivity index (χ0v) is 5.73. The molecule has 2 radical (unpaired) electrons. The molecule has 0 saturated heterocycles. The molecule has 0 aromatic carbocycles. The van der Waals surface area contributed by atoms with Crippen molar-refractivity contribution in [1.82, 2.24) is 0 Å². The van der Waals surface area contributed by atoms with Gasteiger partial charge in [0.25, 0.3) is 0 Å². The fourth-order valence-corrected chi connectivity index (χ4v) is 0.436. The number of hydrogen-bond donors (Lipinski definition) is 0. The summed E-state index contributed by atoms with van der Waals surface area (Å²) < 4.78 is 0. The Balaban J connectivity index is 3.44. The van der Waals surface area contributed by atoms with Crippen molar-refractivity contribution in [2.75, 3.05) is 0 Å². The van der Waals surface area contributed by atoms with Crippen LogP contribution in [-0.2, 0) is 0 Å². The normalized spacial score (nSPS) is 17.2. The molecule has 2 atom stereocenters. The van der Waals surface area contributed by atoms with Gasteiger partial charge in [0.05, 0.1) is 0 Å². The molecule has 0 aromatic rings. The van der Waals surface area contributed by atoms with Crippen molar-refractivity contribution in [1.29, 1.82) is 0 Å². The molecule has 0 aromatic heterocycles. The average Bonchev–Trinajstić information content (AvgIpc) is 1.84. The number of rotatable bonds is 3. The highest BCUT2D eigenvalue weighted by molar-refractivity contribution is 6.26. The molecule has 0 heterocycles. The minimum atomic E-state index is -0.304. The van der Waals surface area contributed by atoms with Crippen LogP contribution in [0.25, 0.3) is 0 Å². The van der Waals surface area contributed by atoms with Crippen LogP contribution in [-0.4, -0.2) is 25.9 Å². The smallest absolute Gasteiger partial charge is 0.104 e. The Morgan fingerprint density at radius 3 is 2.50 bits per heavy atom. The highest BCUT2D eigenvalue weighted by atomic mass is 35.5. The largest absolute Gasteiger partial charge is 0.306 e. The Bertz CT molecular complexity index is 76.8. The number of alkyl halides is 1. The summed E-state index contributed by atoms with van der Waals surface area (Å²) in [5, 5.41) is -0.0625. The second-order valence-corrected chi connectivity index (χ2v) is 2.16. The van der Waals surface area contributed by atoms with E-state index in [0.29, 0.717) is 0 Å². The van der Waals surface area contributed by atoms with Crippen molar-refractivity contribution in [2.24, 2.45) is 4.99 Å². The maximum Gasteiger partial charge on any atom is 0.104 e. The van der Waals surface area contributed by atoms with Crippen molar-refractivity contribution in [3.8, 4) is 0 Å². The SMILES string of the molecule is [B]C(N=C)C(Cl)CC. The van der Waals surface area contributed by atoms with E-state index in [9.17, 15) is 0 Å². The summed E-state index contributed by atoms with van der Waals surface area (Å²) in [6, 6.07) is 0. The maximum atomic E-state index is 5.66. The lowest BCUT2D eigenvalue weighted by Gasteiger charge is -2.09. The summed E-state index contributed by atoms with van der Waals surface area (Å²) in [7, 11) is 5.37. The highest BCUT2D eigenvalue weighted by Crippen LogP contribution is 2.06. The molecule has 8 heavy (non-hydrogen) atoms. The summed E-state index contributed by atoms with van der Waals surface area (Å²) in [5.74, 6) is -0.304. The number of halogens is 1. The summed E-state index contributed by atoms with van der Waals surface area (Å²) in [4.78, 5) is 3.56. The predicted molar refractivity (Wildman–Crippen MR) is 39.0 cm³/mol. The topological polar surface area (TPSA) is 12.4 Å². The van der Waals surface area contributed by atoms with Gasteiger partial charge < -0.3 is 4.99 Å². The molecular formula is C5H9BClN. The van der Waals surface area contributed by atoms with E-state index in [1.54, 1.807) is 0 Å². The van der Waals surface area contributed by atoms with Crippen LogP contribution < -0.4 is 0 Å². The number of aliphatic imine (C=N–C) groups is 1. The molecule has 0 rings (SSSR count). The van der Waals surface area contributed by atoms with Gasteiger partial charge in [0.15, 0.2) is 0 Å². The molecular weight excluding hydrogens is 120 g/mol. The molecule has 0 bridgehead atoms. The second-order valence-electron chi connectivity index (χ2n) is 1.60. The Morgan fingerprint density at radius 2 is 2.38 bits per heavy atom. The van der Waals surface area contributed by atoms with Gasteiger partial charge in [0.1, 0.15) is 7.85 Å². The predicted octanol–water partition coefficient (Wildman–Crippen LogP) is 1.20. The van der Waals surface area contributed by atoms with Gasteiger partial charge >= 0.3 is 0 Å². The molecule has 0 spiro atoms. The van der Waals surface area contributed by atoms with Crippen molar-refractivity contribution in [2.45, 2.75) is 24.7 Å². The van der Waals surface area contributed by atoms with Crippen molar-refractivity contribution in [3.05, 3.63) is 0 Å². The van der Waals surface area contributed by atoms with Gasteiger partial charge in [-0.2, -0.15) is 0 Å². The van der Waals surface area contributed by atoms with E-state index in [4.69, 9.17) is 19.4 Å². The first-order valence-corrected chi connectivity index (χ1v) is 3.01. The lowest BCUT2D eigenvalue weighted by Crippen LogP contribution is -2.17. The van der Waals surface area contributed by atoms with Gasteiger partial charge in [0, 0.05) is 11.3 Å². The molecule has 0 aliphatic rings. The molecule has 0 saturated carbocycles. The van der Waals surface area contributed by atoms with Crippen LogP contribution in [0.5, 0.6) is 0 Å². The molecule has 1 nitrogen and oxygen atoms in total. The van der Waals surface area contributed by atoms with Crippen molar-refractivity contribution >= 4 is 26.2 Å². The van der Waals surface area contributed by atoms with Crippen molar-refractivity contribution in [3.63, 3.8) is 0 Å². The zero-order chi connectivity index (χ0) is 6.57. The minimum absolute atomic E-state index is 0.0625. The summed E-state index contributed by atoms with van der Waals surface area (Å²) in [5.41, 5.74) is 0. The van der Waals surface area contributed by atoms with Crippen LogP contribution in [0.1, 0.15) is 13.3 Å². The number of nitrogens with zero attached hydrogens (tertiary/aromatic N) is 1. The third-order valence-corrected chi connectivity index (χ3v) is 1.54. The third kappa shape index (κ3) is 2.36. The fourth-order valence-electron chi connectivity index (χ4n) is 0.356. The first-order valence-electron chi connectivity index (χ1n) is 2.57. The minimum Gasteiger partial charge on any atom is -0.306 e. The van der Waals surface area contributed by atoms with E-state index in [1.807, 2.05) is 6.92 Å². The van der Waals surface area contributed by atoms with Crippen LogP contribution in [0.15, 0.2) is 4.99 Å². The van der Waals surface area contributed by atoms with E-state index in [1.165, 1.54) is 0 Å². The van der Waals surface area contributed by atoms with E-state index in [0.717, 1.165) is 6.42 Å². The summed E-state index contributed by atoms with van der Waals surface area (Å²) in [6.45, 7) is 5.23. The van der Waals surface area contributed by atoms with Crippen LogP contribution in [0.3, 0.4) is 0 Å². The quantitative estimate of drug-likeness (QED) is 0.308. The Hall–Kier alpha value is 0.0249. The van der Waals surface area contributed by atoms with Gasteiger partial charge in [-0.15, -0.1) is 11.6 Å². The van der Waals surface area contributed by atoms with Gasteiger partial charge in [-0.05, 0) is 13.1 Å². The first-order chi connectivity index (χ1) is 3.72. The molecule has 0 amide bonds. The second kappa shape index (κ2) is 3.96. The first kappa shape index (κ1) is 8.02. The monoisotopic (exact) mass is 129 g/mol. The standard InChI is InChI=1S/C5H9BClN/c1-3-4(7)5(6)8-2/h4-5H,2-3H2,1H3. The number of hydrogen-bond acceptors (Lipinski definition) is 1. The van der Waals surface area contributed by atoms with Crippen molar-refractivity contribution < 1.29 is 0 Å². The van der Waals surface area contributed by atoms with E-state index >= 15 is 0 Å². The maximum absolute atomic E-state index is 5.66. The summed E-state index contributed by atoms with van der Waals surface area (Å²) >= 11 is 5.66. The lowest BCUT2D eigenvalue weighted by molar-refractivity contribution is 0.771. The lowest BCUT2D eigenvalue weighted by atomic mass is 9.92. The Labute approximate surface area is 56.5 Å². The molecule has 0 N–H and O–H groups in total. The zero-order valence-electron chi connectivity index (χ0n) is 4.97. The highest BCUT2D eigenvalue weighted by Gasteiger charge is 2.07.